The predicted molar refractivity (Wildman–Crippen MR) is 113 cm³/mol. The molecule has 1 aliphatic rings. The first-order valence-corrected chi connectivity index (χ1v) is 9.82. The van der Waals surface area contributed by atoms with E-state index in [0.717, 1.165) is 25.9 Å². The van der Waals surface area contributed by atoms with Crippen molar-refractivity contribution in [1.29, 1.82) is 0 Å². The van der Waals surface area contributed by atoms with E-state index >= 15 is 0 Å². The van der Waals surface area contributed by atoms with Crippen LogP contribution in [0.2, 0.25) is 0 Å². The number of likely N-dealkylation sites (tertiary alicyclic amines) is 1. The van der Waals surface area contributed by atoms with Gasteiger partial charge in [-0.05, 0) is 29.5 Å². The van der Waals surface area contributed by atoms with Gasteiger partial charge in [0.1, 0.15) is 0 Å². The van der Waals surface area contributed by atoms with Gasteiger partial charge in [0.05, 0.1) is 12.1 Å². The molecule has 1 aliphatic heterocycles. The number of piperidine rings is 1. The Morgan fingerprint density at radius 1 is 0.704 bits per heavy atom. The van der Waals surface area contributed by atoms with E-state index in [9.17, 15) is 0 Å². The van der Waals surface area contributed by atoms with Gasteiger partial charge in [-0.3, -0.25) is 9.89 Å². The van der Waals surface area contributed by atoms with Crippen molar-refractivity contribution in [3.8, 4) is 0 Å². The van der Waals surface area contributed by atoms with E-state index in [1.165, 1.54) is 16.7 Å². The van der Waals surface area contributed by atoms with Crippen LogP contribution in [0.1, 0.15) is 35.6 Å². The van der Waals surface area contributed by atoms with Crippen molar-refractivity contribution in [1.82, 2.24) is 4.90 Å². The molecule has 0 unspecified atom stereocenters. The molecule has 0 aromatic heterocycles. The summed E-state index contributed by atoms with van der Waals surface area (Å²) in [4.78, 5) is 7.45. The second-order valence-corrected chi connectivity index (χ2v) is 7.18. The van der Waals surface area contributed by atoms with Gasteiger partial charge in [-0.15, -0.1) is 0 Å². The summed E-state index contributed by atoms with van der Waals surface area (Å²) >= 11 is 0. The van der Waals surface area contributed by atoms with Crippen LogP contribution in [0.25, 0.3) is 0 Å². The van der Waals surface area contributed by atoms with Gasteiger partial charge in [-0.2, -0.15) is 0 Å². The van der Waals surface area contributed by atoms with Crippen LogP contribution >= 0.6 is 0 Å². The number of nitrogens with zero attached hydrogens (tertiary/aromatic N) is 2. The quantitative estimate of drug-likeness (QED) is 0.563. The third-order valence-corrected chi connectivity index (χ3v) is 5.33. The topological polar surface area (TPSA) is 15.6 Å². The Labute approximate surface area is 162 Å². The molecule has 3 aromatic carbocycles. The summed E-state index contributed by atoms with van der Waals surface area (Å²) in [6, 6.07) is 32.9. The van der Waals surface area contributed by atoms with Crippen LogP contribution in [0, 0.1) is 0 Å². The minimum atomic E-state index is 0.325. The maximum absolute atomic E-state index is 4.84. The Hall–Kier alpha value is -2.71. The fraction of sp³-hybridized carbons (Fsp3) is 0.240. The fourth-order valence-corrected chi connectivity index (χ4v) is 3.91. The van der Waals surface area contributed by atoms with Gasteiger partial charge in [-0.1, -0.05) is 91.0 Å². The summed E-state index contributed by atoms with van der Waals surface area (Å²) in [6.45, 7) is 2.15. The van der Waals surface area contributed by atoms with Crippen LogP contribution in [0.4, 0.5) is 0 Å². The first-order chi connectivity index (χ1) is 13.4. The van der Waals surface area contributed by atoms with Crippen molar-refractivity contribution in [2.45, 2.75) is 24.9 Å². The van der Waals surface area contributed by atoms with Crippen molar-refractivity contribution in [2.75, 3.05) is 13.1 Å². The van der Waals surface area contributed by atoms with Crippen LogP contribution in [-0.4, -0.2) is 30.2 Å². The number of hydrogen-bond acceptors (Lipinski definition) is 2. The SMILES string of the molecule is C(=NC1CCN(C(c2ccccc2)c2ccccc2)CC1)c1ccccc1. The van der Waals surface area contributed by atoms with Crippen LogP contribution < -0.4 is 0 Å². The Morgan fingerprint density at radius 2 is 1.19 bits per heavy atom. The molecule has 1 heterocycles. The number of aliphatic imine (C=N–C) groups is 1. The normalized spacial score (nSPS) is 16.2. The van der Waals surface area contributed by atoms with Gasteiger partial charge in [0, 0.05) is 19.3 Å². The molecule has 0 radical (unpaired) electrons. The molecule has 2 heteroatoms. The molecule has 0 atom stereocenters. The molecule has 0 amide bonds. The van der Waals surface area contributed by atoms with Crippen molar-refractivity contribution < 1.29 is 0 Å². The van der Waals surface area contributed by atoms with E-state index in [0.29, 0.717) is 12.1 Å². The summed E-state index contributed by atoms with van der Waals surface area (Å²) in [5.41, 5.74) is 3.93. The van der Waals surface area contributed by atoms with Gasteiger partial charge in [0.15, 0.2) is 0 Å². The average Bonchev–Trinajstić information content (AvgIpc) is 2.76. The lowest BCUT2D eigenvalue weighted by Gasteiger charge is -2.37. The second kappa shape index (κ2) is 8.79. The zero-order valence-corrected chi connectivity index (χ0v) is 15.6. The van der Waals surface area contributed by atoms with Gasteiger partial charge in [0.25, 0.3) is 0 Å². The van der Waals surface area contributed by atoms with Crippen LogP contribution in [0.5, 0.6) is 0 Å². The molecular weight excluding hydrogens is 328 g/mol. The molecule has 0 saturated carbocycles. The van der Waals surface area contributed by atoms with E-state index in [2.05, 4.69) is 89.8 Å². The zero-order valence-electron chi connectivity index (χ0n) is 15.6. The van der Waals surface area contributed by atoms with Gasteiger partial charge in [-0.25, -0.2) is 0 Å². The molecule has 136 valence electrons. The van der Waals surface area contributed by atoms with E-state index < -0.39 is 0 Å². The number of benzene rings is 3. The molecule has 0 N–H and O–H groups in total. The van der Waals surface area contributed by atoms with Crippen LogP contribution in [0.3, 0.4) is 0 Å². The summed E-state index contributed by atoms with van der Waals surface area (Å²) in [5.74, 6) is 0. The first-order valence-electron chi connectivity index (χ1n) is 9.82. The smallest absolute Gasteiger partial charge is 0.0601 e. The fourth-order valence-electron chi connectivity index (χ4n) is 3.91. The number of rotatable bonds is 5. The Balaban J connectivity index is 1.47. The highest BCUT2D eigenvalue weighted by molar-refractivity contribution is 5.79. The van der Waals surface area contributed by atoms with Gasteiger partial charge in [0.2, 0.25) is 0 Å². The lowest BCUT2D eigenvalue weighted by Crippen LogP contribution is -2.38. The van der Waals surface area contributed by atoms with Crippen molar-refractivity contribution in [3.05, 3.63) is 108 Å². The molecular formula is C25H26N2. The molecule has 0 bridgehead atoms. The third kappa shape index (κ3) is 4.53. The largest absolute Gasteiger partial charge is 0.292 e. The molecule has 27 heavy (non-hydrogen) atoms. The zero-order chi connectivity index (χ0) is 18.3. The lowest BCUT2D eigenvalue weighted by molar-refractivity contribution is 0.175. The van der Waals surface area contributed by atoms with Crippen LogP contribution in [0.15, 0.2) is 96.0 Å². The molecule has 2 nitrogen and oxygen atoms in total. The summed E-state index contributed by atoms with van der Waals surface area (Å²) in [5, 5.41) is 0. The maximum Gasteiger partial charge on any atom is 0.0601 e. The standard InChI is InChI=1S/C25H26N2/c1-4-10-21(11-5-1)20-26-24-16-18-27(19-17-24)25(22-12-6-2-7-13-22)23-14-8-3-9-15-23/h1-15,20,24-25H,16-19H2. The first kappa shape index (κ1) is 17.7. The lowest BCUT2D eigenvalue weighted by atomic mass is 9.94. The van der Waals surface area contributed by atoms with E-state index in [-0.39, 0.29) is 0 Å². The molecule has 0 aliphatic carbocycles. The summed E-state index contributed by atoms with van der Waals surface area (Å²) in [6.07, 6.45) is 4.26. The molecule has 1 fully saturated rings. The molecule has 0 spiro atoms. The van der Waals surface area contributed by atoms with Gasteiger partial charge < -0.3 is 0 Å². The minimum absolute atomic E-state index is 0.325. The number of hydrogen-bond donors (Lipinski definition) is 0. The van der Waals surface area contributed by atoms with Crippen molar-refractivity contribution in [3.63, 3.8) is 0 Å². The Bertz CT molecular complexity index is 796. The molecule has 1 saturated heterocycles. The average molecular weight is 354 g/mol. The maximum atomic E-state index is 4.84. The second-order valence-electron chi connectivity index (χ2n) is 7.18. The molecule has 3 aromatic rings. The van der Waals surface area contributed by atoms with E-state index in [1.54, 1.807) is 0 Å². The Morgan fingerprint density at radius 3 is 1.70 bits per heavy atom. The van der Waals surface area contributed by atoms with E-state index in [4.69, 9.17) is 4.99 Å². The highest BCUT2D eigenvalue weighted by Crippen LogP contribution is 2.31. The van der Waals surface area contributed by atoms with Crippen molar-refractivity contribution >= 4 is 6.21 Å². The van der Waals surface area contributed by atoms with E-state index in [1.807, 2.05) is 12.3 Å². The summed E-state index contributed by atoms with van der Waals surface area (Å²) in [7, 11) is 0. The Kier molecular flexibility index (Phi) is 5.76. The monoisotopic (exact) mass is 354 g/mol. The minimum Gasteiger partial charge on any atom is -0.292 e. The van der Waals surface area contributed by atoms with Gasteiger partial charge >= 0.3 is 0 Å². The highest BCUT2D eigenvalue weighted by Gasteiger charge is 2.26. The van der Waals surface area contributed by atoms with Crippen LogP contribution in [-0.2, 0) is 0 Å². The third-order valence-electron chi connectivity index (χ3n) is 5.33. The highest BCUT2D eigenvalue weighted by atomic mass is 15.2. The molecule has 4 rings (SSSR count). The predicted octanol–water partition coefficient (Wildman–Crippen LogP) is 5.36. The van der Waals surface area contributed by atoms with Crippen molar-refractivity contribution in [2.24, 2.45) is 4.99 Å². The summed E-state index contributed by atoms with van der Waals surface area (Å²) < 4.78 is 0.